The molecule has 1 aliphatic carbocycles. The highest BCUT2D eigenvalue weighted by Gasteiger charge is 2.38. The molecule has 2 aromatic heterocycles. The summed E-state index contributed by atoms with van der Waals surface area (Å²) in [5, 5.41) is 2.35. The molecule has 0 spiro atoms. The highest BCUT2D eigenvalue weighted by atomic mass is 15.2. The van der Waals surface area contributed by atoms with Crippen molar-refractivity contribution < 1.29 is 0 Å². The van der Waals surface area contributed by atoms with Crippen LogP contribution in [0.15, 0.2) is 218 Å². The van der Waals surface area contributed by atoms with Gasteiger partial charge < -0.3 is 0 Å². The number of hydrogen-bond donors (Lipinski definition) is 0. The highest BCUT2D eigenvalue weighted by Crippen LogP contribution is 2.53. The average molecular weight is 819 g/mol. The molecular weight excluding hydrogens is 777 g/mol. The van der Waals surface area contributed by atoms with Gasteiger partial charge in [-0.15, -0.1) is 0 Å². The van der Waals surface area contributed by atoms with Gasteiger partial charge in [0.2, 0.25) is 5.95 Å². The van der Waals surface area contributed by atoms with E-state index in [4.69, 9.17) is 15.0 Å². The Bertz CT molecular complexity index is 3550. The van der Waals surface area contributed by atoms with E-state index in [2.05, 4.69) is 237 Å². The number of aromatic nitrogens is 4. The molecule has 4 heteroatoms. The van der Waals surface area contributed by atoms with Gasteiger partial charge >= 0.3 is 0 Å². The minimum Gasteiger partial charge on any atom is -0.277 e. The molecule has 0 N–H and O–H groups in total. The smallest absolute Gasteiger partial charge is 0.238 e. The molecule has 11 aromatic rings. The average Bonchev–Trinajstić information content (AvgIpc) is 3.82. The predicted molar refractivity (Wildman–Crippen MR) is 264 cm³/mol. The molecule has 12 rings (SSSR count). The Hall–Kier alpha value is -8.21. The zero-order valence-electron chi connectivity index (χ0n) is 35.6. The van der Waals surface area contributed by atoms with Gasteiger partial charge in [0, 0.05) is 27.3 Å². The third-order valence-corrected chi connectivity index (χ3v) is 13.1. The molecule has 4 nitrogen and oxygen atoms in total. The fourth-order valence-corrected chi connectivity index (χ4v) is 9.96. The first-order valence-electron chi connectivity index (χ1n) is 21.9. The lowest BCUT2D eigenvalue weighted by molar-refractivity contribution is 0.663. The number of para-hydroxylation sites is 1. The molecule has 2 heterocycles. The van der Waals surface area contributed by atoms with E-state index >= 15 is 0 Å². The van der Waals surface area contributed by atoms with Crippen molar-refractivity contribution in [3.05, 3.63) is 230 Å². The Labute approximate surface area is 372 Å². The van der Waals surface area contributed by atoms with Crippen molar-refractivity contribution in [3.8, 4) is 84.4 Å². The molecule has 0 unspecified atom stereocenters. The first-order valence-corrected chi connectivity index (χ1v) is 21.9. The largest absolute Gasteiger partial charge is 0.277 e. The summed E-state index contributed by atoms with van der Waals surface area (Å²) < 4.78 is 2.29. The van der Waals surface area contributed by atoms with Crippen molar-refractivity contribution in [1.82, 2.24) is 19.5 Å². The maximum absolute atomic E-state index is 5.44. The minimum absolute atomic E-state index is 0.254. The van der Waals surface area contributed by atoms with E-state index in [9.17, 15) is 0 Å². The first kappa shape index (κ1) is 37.5. The molecule has 0 saturated carbocycles. The molecule has 0 radical (unpaired) electrons. The summed E-state index contributed by atoms with van der Waals surface area (Å²) in [6.07, 6.45) is 0. The fourth-order valence-electron chi connectivity index (χ4n) is 9.96. The van der Waals surface area contributed by atoms with Gasteiger partial charge in [-0.2, -0.15) is 9.97 Å². The summed E-state index contributed by atoms with van der Waals surface area (Å²) in [4.78, 5) is 16.2. The van der Waals surface area contributed by atoms with E-state index in [-0.39, 0.29) is 5.41 Å². The summed E-state index contributed by atoms with van der Waals surface area (Å²) in [6, 6.07) is 77.7. The summed E-state index contributed by atoms with van der Waals surface area (Å²) in [5.41, 5.74) is 18.2. The normalized spacial score (nSPS) is 12.7. The minimum atomic E-state index is -0.254. The van der Waals surface area contributed by atoms with Gasteiger partial charge in [-0.25, -0.2) is 4.98 Å². The fraction of sp³-hybridized carbons (Fsp3) is 0.0500. The van der Waals surface area contributed by atoms with Gasteiger partial charge in [0.1, 0.15) is 0 Å². The van der Waals surface area contributed by atoms with Gasteiger partial charge in [-0.05, 0) is 78.9 Å². The van der Waals surface area contributed by atoms with Crippen LogP contribution in [0.4, 0.5) is 0 Å². The van der Waals surface area contributed by atoms with Crippen molar-refractivity contribution in [2.24, 2.45) is 0 Å². The number of hydrogen-bond acceptors (Lipinski definition) is 3. The zero-order chi connectivity index (χ0) is 42.8. The Balaban J connectivity index is 1.00. The summed E-state index contributed by atoms with van der Waals surface area (Å²) in [6.45, 7) is 4.69. The second kappa shape index (κ2) is 15.0. The third kappa shape index (κ3) is 6.18. The van der Waals surface area contributed by atoms with Crippen LogP contribution in [-0.2, 0) is 5.41 Å². The number of fused-ring (bicyclic) bond motifs is 7. The van der Waals surface area contributed by atoms with E-state index in [0.717, 1.165) is 44.4 Å². The Morgan fingerprint density at radius 1 is 0.344 bits per heavy atom. The van der Waals surface area contributed by atoms with Crippen LogP contribution < -0.4 is 0 Å². The first-order chi connectivity index (χ1) is 31.5. The second-order valence-electron chi connectivity index (χ2n) is 17.2. The van der Waals surface area contributed by atoms with Crippen molar-refractivity contribution in [2.75, 3.05) is 0 Å². The number of rotatable bonds is 7. The lowest BCUT2D eigenvalue weighted by Crippen LogP contribution is -2.17. The molecule has 0 atom stereocenters. The van der Waals surface area contributed by atoms with Crippen LogP contribution in [0.3, 0.4) is 0 Å². The topological polar surface area (TPSA) is 43.6 Å². The van der Waals surface area contributed by atoms with Crippen molar-refractivity contribution in [2.45, 2.75) is 19.3 Å². The van der Waals surface area contributed by atoms with E-state index < -0.39 is 0 Å². The van der Waals surface area contributed by atoms with Crippen molar-refractivity contribution in [3.63, 3.8) is 0 Å². The van der Waals surface area contributed by atoms with E-state index in [1.807, 2.05) is 0 Å². The maximum Gasteiger partial charge on any atom is 0.238 e. The molecule has 64 heavy (non-hydrogen) atoms. The quantitative estimate of drug-likeness (QED) is 0.161. The molecule has 0 saturated heterocycles. The van der Waals surface area contributed by atoms with Gasteiger partial charge in [0.25, 0.3) is 0 Å². The lowest BCUT2D eigenvalue weighted by Gasteiger charge is -2.23. The molecule has 302 valence electrons. The Morgan fingerprint density at radius 2 is 0.859 bits per heavy atom. The molecule has 0 fully saturated rings. The predicted octanol–water partition coefficient (Wildman–Crippen LogP) is 15.3. The van der Waals surface area contributed by atoms with Crippen LogP contribution in [-0.4, -0.2) is 19.5 Å². The van der Waals surface area contributed by atoms with Gasteiger partial charge in [-0.3, -0.25) is 4.57 Å². The molecule has 1 aliphatic rings. The van der Waals surface area contributed by atoms with E-state index in [1.54, 1.807) is 0 Å². The summed E-state index contributed by atoms with van der Waals surface area (Å²) in [5.74, 6) is 1.82. The Kier molecular flexibility index (Phi) is 8.80. The van der Waals surface area contributed by atoms with Crippen LogP contribution in [0.5, 0.6) is 0 Å². The molecular formula is C60H42N4. The lowest BCUT2D eigenvalue weighted by atomic mass is 9.81. The van der Waals surface area contributed by atoms with Crippen molar-refractivity contribution in [1.29, 1.82) is 0 Å². The monoisotopic (exact) mass is 818 g/mol. The van der Waals surface area contributed by atoms with Crippen LogP contribution in [0.1, 0.15) is 25.0 Å². The van der Waals surface area contributed by atoms with Gasteiger partial charge in [0.05, 0.1) is 11.0 Å². The molecule has 0 aliphatic heterocycles. The number of nitrogens with zero attached hydrogens (tertiary/aromatic N) is 4. The van der Waals surface area contributed by atoms with Crippen LogP contribution in [0.2, 0.25) is 0 Å². The molecule has 9 aromatic carbocycles. The molecule has 0 bridgehead atoms. The van der Waals surface area contributed by atoms with E-state index in [1.165, 1.54) is 55.3 Å². The van der Waals surface area contributed by atoms with Gasteiger partial charge in [-0.1, -0.05) is 220 Å². The number of benzene rings is 9. The Morgan fingerprint density at radius 3 is 1.56 bits per heavy atom. The molecule has 0 amide bonds. The van der Waals surface area contributed by atoms with Gasteiger partial charge in [0.15, 0.2) is 11.6 Å². The standard InChI is InChI=1S/C60H42N4/c1-60(2)53-26-13-11-23-48(53)50-36-37-51-49-24-12-14-27-54(49)64(56(51)55(50)60)59-62-57(61-58(63-59)52-25-10-9-22-47(52)43-18-7-4-8-19-43)44-34-32-41(33-35-44)40-28-30-42(31-29-40)46-21-15-20-45(38-46)39-16-5-3-6-17-39/h3-38H,1-2H3. The highest BCUT2D eigenvalue weighted by molar-refractivity contribution is 6.13. The van der Waals surface area contributed by atoms with E-state index in [0.29, 0.717) is 17.6 Å². The maximum atomic E-state index is 5.44. The SMILES string of the molecule is CC1(C)c2ccccc2-c2ccc3c4ccccc4n(-c4nc(-c5ccc(-c6ccc(-c7cccc(-c8ccccc8)c7)cc6)cc5)nc(-c5ccccc5-c5ccccc5)n4)c3c21. The summed E-state index contributed by atoms with van der Waals surface area (Å²) in [7, 11) is 0. The third-order valence-electron chi connectivity index (χ3n) is 13.1. The van der Waals surface area contributed by atoms with Crippen LogP contribution in [0.25, 0.3) is 106 Å². The van der Waals surface area contributed by atoms with Crippen molar-refractivity contribution >= 4 is 21.8 Å². The zero-order valence-corrected chi connectivity index (χ0v) is 35.6. The second-order valence-corrected chi connectivity index (χ2v) is 17.2. The van der Waals surface area contributed by atoms with Crippen LogP contribution >= 0.6 is 0 Å². The summed E-state index contributed by atoms with van der Waals surface area (Å²) >= 11 is 0. The van der Waals surface area contributed by atoms with Crippen LogP contribution in [0, 0.1) is 0 Å².